The minimum atomic E-state index is -0.0427. The van der Waals surface area contributed by atoms with Gasteiger partial charge in [-0.15, -0.1) is 17.5 Å². The van der Waals surface area contributed by atoms with Gasteiger partial charge in [0.1, 0.15) is 0 Å². The van der Waals surface area contributed by atoms with Crippen molar-refractivity contribution in [1.29, 1.82) is 0 Å². The van der Waals surface area contributed by atoms with E-state index in [9.17, 15) is 4.79 Å². The molecule has 2 aromatic heterocycles. The van der Waals surface area contributed by atoms with Gasteiger partial charge in [-0.05, 0) is 41.6 Å². The molecule has 0 aliphatic carbocycles. The Morgan fingerprint density at radius 3 is 2.96 bits per heavy atom. The molecule has 3 aromatic rings. The fourth-order valence-corrected chi connectivity index (χ4v) is 3.14. The Bertz CT molecular complexity index is 884. The number of rotatable bonds is 6. The Labute approximate surface area is 168 Å². The van der Waals surface area contributed by atoms with Gasteiger partial charge in [-0.25, -0.2) is 0 Å². The second kappa shape index (κ2) is 9.43. The maximum absolute atomic E-state index is 12.2. The number of carbonyl (C=O) groups excluding carboxylic acids is 1. The van der Waals surface area contributed by atoms with E-state index in [1.54, 1.807) is 4.68 Å². The third-order valence-corrected chi connectivity index (χ3v) is 4.53. The highest BCUT2D eigenvalue weighted by molar-refractivity contribution is 5.85. The number of fused-ring (bicyclic) bond motifs is 1. The van der Waals surface area contributed by atoms with E-state index in [1.165, 1.54) is 5.69 Å². The van der Waals surface area contributed by atoms with Crippen LogP contribution in [0.15, 0.2) is 36.4 Å². The van der Waals surface area contributed by atoms with Gasteiger partial charge >= 0.3 is 0 Å². The molecule has 4 rings (SSSR count). The zero-order valence-electron chi connectivity index (χ0n) is 15.4. The van der Waals surface area contributed by atoms with E-state index in [-0.39, 0.29) is 24.9 Å². The molecule has 3 heterocycles. The largest absolute Gasteiger partial charge is 0.349 e. The van der Waals surface area contributed by atoms with Gasteiger partial charge in [0.25, 0.3) is 0 Å². The van der Waals surface area contributed by atoms with E-state index < -0.39 is 0 Å². The molecule has 9 nitrogen and oxygen atoms in total. The summed E-state index contributed by atoms with van der Waals surface area (Å²) in [5, 5.41) is 22.6. The number of para-hydroxylation sites is 1. The highest BCUT2D eigenvalue weighted by Gasteiger charge is 2.13. The first-order chi connectivity index (χ1) is 13.3. The number of aromatic nitrogens is 6. The Morgan fingerprint density at radius 2 is 2.11 bits per heavy atom. The summed E-state index contributed by atoms with van der Waals surface area (Å²) in [6.07, 6.45) is 2.08. The lowest BCUT2D eigenvalue weighted by molar-refractivity contribution is -0.121. The average Bonchev–Trinajstić information content (AvgIpc) is 3.27. The molecular formula is C18H23ClN8O. The number of tetrazole rings is 1. The molecule has 0 bridgehead atoms. The third-order valence-electron chi connectivity index (χ3n) is 4.53. The first-order valence-corrected chi connectivity index (χ1v) is 9.15. The molecule has 0 saturated heterocycles. The number of hydrogen-bond donors (Lipinski definition) is 2. The van der Waals surface area contributed by atoms with Crippen molar-refractivity contribution in [1.82, 2.24) is 40.6 Å². The number of aryl methyl sites for hydroxylation is 2. The molecule has 1 aromatic carbocycles. The summed E-state index contributed by atoms with van der Waals surface area (Å²) in [5.41, 5.74) is 3.00. The number of hydrogen-bond acceptors (Lipinski definition) is 6. The Hall–Kier alpha value is -2.78. The molecule has 0 saturated carbocycles. The smallest absolute Gasteiger partial charge is 0.220 e. The first-order valence-electron chi connectivity index (χ1n) is 9.15. The lowest BCUT2D eigenvalue weighted by Crippen LogP contribution is -2.25. The predicted octanol–water partition coefficient (Wildman–Crippen LogP) is 1.02. The molecule has 0 spiro atoms. The fraction of sp³-hybridized carbons (Fsp3) is 0.389. The van der Waals surface area contributed by atoms with Crippen LogP contribution in [0.2, 0.25) is 0 Å². The zero-order chi connectivity index (χ0) is 18.5. The third kappa shape index (κ3) is 4.73. The summed E-state index contributed by atoms with van der Waals surface area (Å²) < 4.78 is 3.67. The fourth-order valence-electron chi connectivity index (χ4n) is 3.14. The molecule has 0 unspecified atom stereocenters. The summed E-state index contributed by atoms with van der Waals surface area (Å²) in [6, 6.07) is 11.7. The van der Waals surface area contributed by atoms with Crippen LogP contribution in [0.4, 0.5) is 0 Å². The summed E-state index contributed by atoms with van der Waals surface area (Å²) >= 11 is 0. The molecule has 28 heavy (non-hydrogen) atoms. The summed E-state index contributed by atoms with van der Waals surface area (Å²) in [5.74, 6) is 0.549. The van der Waals surface area contributed by atoms with Crippen LogP contribution in [0, 0.1) is 0 Å². The SMILES string of the molecule is Cl.O=C(CCc1cc2n(n1)CCCNC2)NCc1nnnn1-c1ccccc1. The summed E-state index contributed by atoms with van der Waals surface area (Å²) in [4.78, 5) is 12.2. The number of halogens is 1. The molecule has 148 valence electrons. The van der Waals surface area contributed by atoms with Crippen molar-refractivity contribution in [2.75, 3.05) is 6.54 Å². The Kier molecular flexibility index (Phi) is 6.72. The van der Waals surface area contributed by atoms with E-state index >= 15 is 0 Å². The second-order valence-electron chi connectivity index (χ2n) is 6.50. The van der Waals surface area contributed by atoms with Gasteiger partial charge in [0.2, 0.25) is 5.91 Å². The van der Waals surface area contributed by atoms with Crippen molar-refractivity contribution in [3.8, 4) is 5.69 Å². The molecule has 0 atom stereocenters. The van der Waals surface area contributed by atoms with E-state index in [4.69, 9.17) is 0 Å². The number of nitrogens with one attached hydrogen (secondary N) is 2. The highest BCUT2D eigenvalue weighted by Crippen LogP contribution is 2.10. The van der Waals surface area contributed by atoms with Crippen LogP contribution >= 0.6 is 12.4 Å². The van der Waals surface area contributed by atoms with Gasteiger partial charge in [0, 0.05) is 25.9 Å². The van der Waals surface area contributed by atoms with Crippen molar-refractivity contribution in [2.45, 2.75) is 38.9 Å². The normalized spacial score (nSPS) is 13.3. The predicted molar refractivity (Wildman–Crippen MR) is 105 cm³/mol. The van der Waals surface area contributed by atoms with Crippen molar-refractivity contribution in [2.24, 2.45) is 0 Å². The maximum Gasteiger partial charge on any atom is 0.220 e. The number of benzene rings is 1. The van der Waals surface area contributed by atoms with E-state index in [0.29, 0.717) is 18.7 Å². The summed E-state index contributed by atoms with van der Waals surface area (Å²) in [7, 11) is 0. The van der Waals surface area contributed by atoms with E-state index in [2.05, 4.69) is 37.3 Å². The van der Waals surface area contributed by atoms with Gasteiger partial charge in [0.15, 0.2) is 5.82 Å². The summed E-state index contributed by atoms with van der Waals surface area (Å²) in [6.45, 7) is 3.06. The van der Waals surface area contributed by atoms with Gasteiger partial charge in [-0.1, -0.05) is 18.2 Å². The van der Waals surface area contributed by atoms with E-state index in [1.807, 2.05) is 35.0 Å². The topological polar surface area (TPSA) is 103 Å². The molecule has 1 aliphatic rings. The van der Waals surface area contributed by atoms with Gasteiger partial charge in [-0.2, -0.15) is 9.78 Å². The van der Waals surface area contributed by atoms with Gasteiger partial charge in [-0.3, -0.25) is 9.48 Å². The maximum atomic E-state index is 12.2. The molecule has 1 aliphatic heterocycles. The van der Waals surface area contributed by atoms with Crippen LogP contribution in [0.3, 0.4) is 0 Å². The zero-order valence-corrected chi connectivity index (χ0v) is 16.2. The second-order valence-corrected chi connectivity index (χ2v) is 6.50. The average molecular weight is 403 g/mol. The Morgan fingerprint density at radius 1 is 1.25 bits per heavy atom. The lowest BCUT2D eigenvalue weighted by Gasteiger charge is -2.06. The van der Waals surface area contributed by atoms with Gasteiger partial charge < -0.3 is 10.6 Å². The minimum Gasteiger partial charge on any atom is -0.349 e. The number of nitrogens with zero attached hydrogens (tertiary/aromatic N) is 6. The molecule has 1 amide bonds. The number of amides is 1. The highest BCUT2D eigenvalue weighted by atomic mass is 35.5. The molecule has 0 fully saturated rings. The van der Waals surface area contributed by atoms with Crippen LogP contribution in [0.5, 0.6) is 0 Å². The first kappa shape index (κ1) is 20.0. The monoisotopic (exact) mass is 402 g/mol. The van der Waals surface area contributed by atoms with Crippen LogP contribution in [-0.4, -0.2) is 42.4 Å². The minimum absolute atomic E-state index is 0. The quantitative estimate of drug-likeness (QED) is 0.638. The Balaban J connectivity index is 0.00000225. The van der Waals surface area contributed by atoms with Crippen LogP contribution in [0.1, 0.15) is 30.1 Å². The van der Waals surface area contributed by atoms with Crippen molar-refractivity contribution < 1.29 is 4.79 Å². The molecule has 10 heteroatoms. The lowest BCUT2D eigenvalue weighted by atomic mass is 10.2. The van der Waals surface area contributed by atoms with Crippen LogP contribution in [-0.2, 0) is 30.8 Å². The van der Waals surface area contributed by atoms with Crippen LogP contribution < -0.4 is 10.6 Å². The molecule has 0 radical (unpaired) electrons. The van der Waals surface area contributed by atoms with E-state index in [0.717, 1.165) is 37.4 Å². The van der Waals surface area contributed by atoms with Crippen molar-refractivity contribution in [3.63, 3.8) is 0 Å². The van der Waals surface area contributed by atoms with Gasteiger partial charge in [0.05, 0.1) is 23.6 Å². The molecule has 2 N–H and O–H groups in total. The van der Waals surface area contributed by atoms with Crippen molar-refractivity contribution in [3.05, 3.63) is 53.6 Å². The van der Waals surface area contributed by atoms with Crippen molar-refractivity contribution >= 4 is 18.3 Å². The van der Waals surface area contributed by atoms with Crippen LogP contribution in [0.25, 0.3) is 5.69 Å². The molecular weight excluding hydrogens is 380 g/mol. The standard InChI is InChI=1S/C18H22N8O.ClH/c27-18(8-7-14-11-16-12-19-9-4-10-25(16)22-14)20-13-17-21-23-24-26(17)15-5-2-1-3-6-15;/h1-3,5-6,11,19H,4,7-10,12-13H2,(H,20,27);1H. The number of carbonyl (C=O) groups is 1.